The highest BCUT2D eigenvalue weighted by molar-refractivity contribution is 7.99. The van der Waals surface area contributed by atoms with Gasteiger partial charge in [0.15, 0.2) is 0 Å². The number of hydrogen-bond acceptors (Lipinski definition) is 4. The first-order valence-corrected chi connectivity index (χ1v) is 12.2. The van der Waals surface area contributed by atoms with Gasteiger partial charge in [0.1, 0.15) is 0 Å². The molecule has 0 atom stereocenters. The van der Waals surface area contributed by atoms with Gasteiger partial charge in [0.25, 0.3) is 11.8 Å². The highest BCUT2D eigenvalue weighted by atomic mass is 32.2. The van der Waals surface area contributed by atoms with Crippen LogP contribution < -0.4 is 15.5 Å². The first-order valence-electron chi connectivity index (χ1n) is 11.4. The van der Waals surface area contributed by atoms with Crippen molar-refractivity contribution in [2.24, 2.45) is 0 Å². The van der Waals surface area contributed by atoms with E-state index in [1.54, 1.807) is 36.0 Å². The molecule has 0 spiro atoms. The Balaban J connectivity index is 1.44. The van der Waals surface area contributed by atoms with E-state index in [2.05, 4.69) is 10.6 Å². The summed E-state index contributed by atoms with van der Waals surface area (Å²) in [6, 6.07) is 20.4. The summed E-state index contributed by atoms with van der Waals surface area (Å²) in [5.74, 6) is -0.353. The number of carbonyl (C=O) groups excluding carboxylic acids is 3. The first-order chi connectivity index (χ1) is 16.5. The SMILES string of the molecule is CC(=O)Nc1ccc(C(=O)Nc2ccc3c(c2)Sc2ccccc2C(=O)N3C2CCCC2)cc1. The number of nitrogens with zero attached hydrogens (tertiary/aromatic N) is 1. The van der Waals surface area contributed by atoms with Gasteiger partial charge in [0.05, 0.1) is 11.3 Å². The molecule has 0 aromatic heterocycles. The van der Waals surface area contributed by atoms with Gasteiger partial charge in [-0.3, -0.25) is 14.4 Å². The van der Waals surface area contributed by atoms with Crippen molar-refractivity contribution in [1.29, 1.82) is 0 Å². The smallest absolute Gasteiger partial charge is 0.259 e. The Hall–Kier alpha value is -3.58. The summed E-state index contributed by atoms with van der Waals surface area (Å²) < 4.78 is 0. The van der Waals surface area contributed by atoms with Crippen molar-refractivity contribution in [3.63, 3.8) is 0 Å². The fraction of sp³-hybridized carbons (Fsp3) is 0.222. The van der Waals surface area contributed by atoms with Crippen LogP contribution in [0, 0.1) is 0 Å². The van der Waals surface area contributed by atoms with Crippen LogP contribution in [0.3, 0.4) is 0 Å². The van der Waals surface area contributed by atoms with Gasteiger partial charge in [0, 0.05) is 39.7 Å². The van der Waals surface area contributed by atoms with Crippen LogP contribution in [-0.2, 0) is 4.79 Å². The van der Waals surface area contributed by atoms with Crippen molar-refractivity contribution >= 4 is 46.5 Å². The normalized spacial score (nSPS) is 15.3. The number of fused-ring (bicyclic) bond motifs is 2. The number of benzene rings is 3. The summed E-state index contributed by atoms with van der Waals surface area (Å²) in [6.07, 6.45) is 4.27. The minimum absolute atomic E-state index is 0.0461. The number of rotatable bonds is 4. The largest absolute Gasteiger partial charge is 0.326 e. The van der Waals surface area contributed by atoms with Crippen LogP contribution in [0.5, 0.6) is 0 Å². The Bertz CT molecular complexity index is 1270. The summed E-state index contributed by atoms with van der Waals surface area (Å²) in [7, 11) is 0. The van der Waals surface area contributed by atoms with Crippen LogP contribution in [0.4, 0.5) is 17.1 Å². The molecule has 34 heavy (non-hydrogen) atoms. The topological polar surface area (TPSA) is 78.5 Å². The molecule has 1 heterocycles. The highest BCUT2D eigenvalue weighted by Crippen LogP contribution is 2.44. The zero-order chi connectivity index (χ0) is 23.7. The number of anilines is 3. The zero-order valence-electron chi connectivity index (χ0n) is 18.8. The summed E-state index contributed by atoms with van der Waals surface area (Å²) in [5, 5.41) is 5.66. The molecule has 0 saturated heterocycles. The van der Waals surface area contributed by atoms with E-state index >= 15 is 0 Å². The molecule has 172 valence electrons. The molecular weight excluding hydrogens is 446 g/mol. The molecule has 0 bridgehead atoms. The molecule has 1 saturated carbocycles. The van der Waals surface area contributed by atoms with E-state index in [-0.39, 0.29) is 23.8 Å². The van der Waals surface area contributed by atoms with Gasteiger partial charge in [-0.1, -0.05) is 36.7 Å². The number of carbonyl (C=O) groups is 3. The van der Waals surface area contributed by atoms with Gasteiger partial charge in [0.2, 0.25) is 5.91 Å². The van der Waals surface area contributed by atoms with E-state index in [1.807, 2.05) is 47.4 Å². The van der Waals surface area contributed by atoms with Crippen molar-refractivity contribution in [1.82, 2.24) is 0 Å². The Morgan fingerprint density at radius 3 is 2.32 bits per heavy atom. The van der Waals surface area contributed by atoms with E-state index in [9.17, 15) is 14.4 Å². The molecule has 1 fully saturated rings. The van der Waals surface area contributed by atoms with Gasteiger partial charge in [-0.25, -0.2) is 0 Å². The third-order valence-corrected chi connectivity index (χ3v) is 7.31. The van der Waals surface area contributed by atoms with Crippen LogP contribution in [0.25, 0.3) is 0 Å². The van der Waals surface area contributed by atoms with Crippen LogP contribution in [0.2, 0.25) is 0 Å². The second-order valence-corrected chi connectivity index (χ2v) is 9.69. The lowest BCUT2D eigenvalue weighted by atomic mass is 10.1. The molecule has 0 radical (unpaired) electrons. The average molecular weight is 472 g/mol. The standard InChI is InChI=1S/C27H25N3O3S/c1-17(31)28-19-12-10-18(11-13-19)26(32)29-20-14-15-23-25(16-20)34-24-9-5-4-8-22(24)27(33)30(23)21-6-2-3-7-21/h4-5,8-16,21H,2-3,6-7H2,1H3,(H,28,31)(H,29,32). The van der Waals surface area contributed by atoms with Gasteiger partial charge >= 0.3 is 0 Å². The molecule has 0 unspecified atom stereocenters. The Kier molecular flexibility index (Phi) is 6.11. The summed E-state index contributed by atoms with van der Waals surface area (Å²) in [5.41, 5.74) is 3.42. The van der Waals surface area contributed by atoms with Gasteiger partial charge in [-0.15, -0.1) is 0 Å². The van der Waals surface area contributed by atoms with Gasteiger partial charge in [-0.2, -0.15) is 0 Å². The predicted molar refractivity (Wildman–Crippen MR) is 135 cm³/mol. The number of nitrogens with one attached hydrogen (secondary N) is 2. The first kappa shape index (κ1) is 22.2. The van der Waals surface area contributed by atoms with Crippen molar-refractivity contribution < 1.29 is 14.4 Å². The molecule has 2 N–H and O–H groups in total. The molecule has 2 aliphatic rings. The maximum absolute atomic E-state index is 13.5. The third-order valence-electron chi connectivity index (χ3n) is 6.19. The molecule has 1 aliphatic carbocycles. The van der Waals surface area contributed by atoms with E-state index in [0.717, 1.165) is 46.7 Å². The number of amides is 3. The van der Waals surface area contributed by atoms with Crippen molar-refractivity contribution in [3.05, 3.63) is 77.9 Å². The Morgan fingerprint density at radius 1 is 0.882 bits per heavy atom. The van der Waals surface area contributed by atoms with E-state index in [1.165, 1.54) is 6.92 Å². The Labute approximate surface area is 202 Å². The van der Waals surface area contributed by atoms with Crippen LogP contribution in [0.15, 0.2) is 76.5 Å². The molecule has 1 aliphatic heterocycles. The molecule has 3 aromatic carbocycles. The molecular formula is C27H25N3O3S. The lowest BCUT2D eigenvalue weighted by molar-refractivity contribution is -0.114. The van der Waals surface area contributed by atoms with Gasteiger partial charge in [-0.05, 0) is 67.4 Å². The summed E-state index contributed by atoms with van der Waals surface area (Å²) >= 11 is 1.56. The fourth-order valence-corrected chi connectivity index (χ4v) is 5.70. The molecule has 7 heteroatoms. The second-order valence-electron chi connectivity index (χ2n) is 8.61. The third kappa shape index (κ3) is 4.43. The Morgan fingerprint density at radius 2 is 1.59 bits per heavy atom. The van der Waals surface area contributed by atoms with Crippen molar-refractivity contribution in [2.75, 3.05) is 15.5 Å². The molecule has 3 amide bonds. The quantitative estimate of drug-likeness (QED) is 0.493. The summed E-state index contributed by atoms with van der Waals surface area (Å²) in [4.78, 5) is 41.4. The minimum atomic E-state index is -0.239. The molecule has 3 aromatic rings. The van der Waals surface area contributed by atoms with E-state index in [0.29, 0.717) is 16.9 Å². The molecule has 5 rings (SSSR count). The van der Waals surface area contributed by atoms with Gasteiger partial charge < -0.3 is 15.5 Å². The van der Waals surface area contributed by atoms with Crippen molar-refractivity contribution in [2.45, 2.75) is 48.4 Å². The lowest BCUT2D eigenvalue weighted by Crippen LogP contribution is -2.39. The monoisotopic (exact) mass is 471 g/mol. The van der Waals surface area contributed by atoms with Crippen molar-refractivity contribution in [3.8, 4) is 0 Å². The summed E-state index contributed by atoms with van der Waals surface area (Å²) in [6.45, 7) is 1.44. The average Bonchev–Trinajstić information content (AvgIpc) is 3.31. The number of hydrogen-bond donors (Lipinski definition) is 2. The fourth-order valence-electron chi connectivity index (χ4n) is 4.60. The van der Waals surface area contributed by atoms with Crippen LogP contribution in [-0.4, -0.2) is 23.8 Å². The van der Waals surface area contributed by atoms with E-state index in [4.69, 9.17) is 0 Å². The maximum Gasteiger partial charge on any atom is 0.259 e. The van der Waals surface area contributed by atoms with Crippen LogP contribution >= 0.6 is 11.8 Å². The minimum Gasteiger partial charge on any atom is -0.326 e. The van der Waals surface area contributed by atoms with E-state index < -0.39 is 0 Å². The zero-order valence-corrected chi connectivity index (χ0v) is 19.7. The highest BCUT2D eigenvalue weighted by Gasteiger charge is 2.34. The second kappa shape index (κ2) is 9.35. The molecule has 6 nitrogen and oxygen atoms in total. The lowest BCUT2D eigenvalue weighted by Gasteiger charge is -2.29. The maximum atomic E-state index is 13.5. The van der Waals surface area contributed by atoms with Crippen LogP contribution in [0.1, 0.15) is 53.3 Å². The predicted octanol–water partition coefficient (Wildman–Crippen LogP) is 5.95.